The number of pyridine rings is 1. The fraction of sp³-hybridized carbons (Fsp3) is 0.722. The summed E-state index contributed by atoms with van der Waals surface area (Å²) < 4.78 is 33.4. The van der Waals surface area contributed by atoms with Gasteiger partial charge in [-0.3, -0.25) is 4.98 Å². The minimum absolute atomic E-state index is 0.145. The molecule has 3 fully saturated rings. The molecule has 2 unspecified atom stereocenters. The summed E-state index contributed by atoms with van der Waals surface area (Å²) in [6.45, 7) is 2.22. The third-order valence-electron chi connectivity index (χ3n) is 5.73. The van der Waals surface area contributed by atoms with Crippen LogP contribution >= 0.6 is 0 Å². The lowest BCUT2D eigenvalue weighted by atomic mass is 9.79. The van der Waals surface area contributed by atoms with Crippen molar-refractivity contribution in [2.24, 2.45) is 0 Å². The molecular formula is C18H27N3O3S. The Bertz CT molecular complexity index is 689. The predicted molar refractivity (Wildman–Crippen MR) is 95.5 cm³/mol. The van der Waals surface area contributed by atoms with Gasteiger partial charge in [0.25, 0.3) is 0 Å². The van der Waals surface area contributed by atoms with Crippen LogP contribution < -0.4 is 5.32 Å². The maximum Gasteiger partial charge on any atom is 0.217 e. The number of hydrogen-bond donors (Lipinski definition) is 1. The minimum Gasteiger partial charge on any atom is -0.371 e. The molecular weight excluding hydrogens is 338 g/mol. The minimum atomic E-state index is -3.14. The van der Waals surface area contributed by atoms with Crippen LogP contribution in [-0.2, 0) is 21.3 Å². The Morgan fingerprint density at radius 3 is 2.96 bits per heavy atom. The average molecular weight is 365 g/mol. The smallest absolute Gasteiger partial charge is 0.217 e. The van der Waals surface area contributed by atoms with Crippen LogP contribution in [0.1, 0.15) is 44.1 Å². The summed E-state index contributed by atoms with van der Waals surface area (Å²) in [5, 5.41) is 3.48. The Morgan fingerprint density at radius 2 is 2.20 bits per heavy atom. The summed E-state index contributed by atoms with van der Waals surface area (Å²) in [6.07, 6.45) is 9.48. The van der Waals surface area contributed by atoms with Crippen molar-refractivity contribution in [3.63, 3.8) is 0 Å². The normalized spacial score (nSPS) is 31.3. The summed E-state index contributed by atoms with van der Waals surface area (Å²) in [7, 11) is -3.14. The molecule has 138 valence electrons. The standard InChI is InChI=1S/C18H27N3O3S/c22-25(23,16-6-7-16)21-10-11-24-18(14-21)8-2-1-5-17(18)20-13-15-4-3-9-19-12-15/h3-4,9,12,16-17,20H,1-2,5-8,10-11,13-14H2. The summed E-state index contributed by atoms with van der Waals surface area (Å²) in [4.78, 5) is 4.16. The first-order valence-electron chi connectivity index (χ1n) is 9.35. The Kier molecular flexibility index (Phi) is 4.83. The molecule has 2 heterocycles. The fourth-order valence-electron chi connectivity index (χ4n) is 4.17. The van der Waals surface area contributed by atoms with Gasteiger partial charge in [-0.1, -0.05) is 18.9 Å². The molecule has 0 bridgehead atoms. The van der Waals surface area contributed by atoms with Gasteiger partial charge in [0.05, 0.1) is 17.5 Å². The summed E-state index contributed by atoms with van der Waals surface area (Å²) in [5.41, 5.74) is 0.752. The highest BCUT2D eigenvalue weighted by atomic mass is 32.2. The van der Waals surface area contributed by atoms with Crippen molar-refractivity contribution in [1.29, 1.82) is 0 Å². The van der Waals surface area contributed by atoms with Gasteiger partial charge >= 0.3 is 0 Å². The maximum absolute atomic E-state index is 12.7. The predicted octanol–water partition coefficient (Wildman–Crippen LogP) is 1.68. The number of morpholine rings is 1. The number of hydrogen-bond acceptors (Lipinski definition) is 5. The number of rotatable bonds is 5. The number of ether oxygens (including phenoxy) is 1. The van der Waals surface area contributed by atoms with Crippen molar-refractivity contribution in [3.8, 4) is 0 Å². The highest BCUT2D eigenvalue weighted by Gasteiger charge is 2.50. The lowest BCUT2D eigenvalue weighted by molar-refractivity contribution is -0.127. The Labute approximate surface area is 150 Å². The zero-order valence-electron chi connectivity index (χ0n) is 14.6. The second-order valence-electron chi connectivity index (χ2n) is 7.53. The van der Waals surface area contributed by atoms with E-state index in [1.54, 1.807) is 10.5 Å². The molecule has 4 rings (SSSR count). The highest BCUT2D eigenvalue weighted by molar-refractivity contribution is 7.90. The van der Waals surface area contributed by atoms with Crippen LogP contribution in [0.15, 0.2) is 24.5 Å². The van der Waals surface area contributed by atoms with E-state index in [0.717, 1.165) is 50.6 Å². The Balaban J connectivity index is 1.48. The van der Waals surface area contributed by atoms with Crippen LogP contribution in [0.5, 0.6) is 0 Å². The molecule has 0 aromatic carbocycles. The molecule has 3 aliphatic rings. The maximum atomic E-state index is 12.7. The number of aromatic nitrogens is 1. The first-order valence-corrected chi connectivity index (χ1v) is 10.9. The molecule has 2 atom stereocenters. The SMILES string of the molecule is O=S(=O)(C1CC1)N1CCOC2(CCCCC2NCc2cccnc2)C1. The van der Waals surface area contributed by atoms with Crippen LogP contribution in [0.25, 0.3) is 0 Å². The van der Waals surface area contributed by atoms with Crippen LogP contribution in [-0.4, -0.2) is 54.3 Å². The monoisotopic (exact) mass is 365 g/mol. The zero-order valence-corrected chi connectivity index (χ0v) is 15.4. The molecule has 0 amide bonds. The largest absolute Gasteiger partial charge is 0.371 e. The van der Waals surface area contributed by atoms with Crippen LogP contribution in [0.2, 0.25) is 0 Å². The highest BCUT2D eigenvalue weighted by Crippen LogP contribution is 2.38. The van der Waals surface area contributed by atoms with E-state index in [2.05, 4.69) is 16.4 Å². The second-order valence-corrected chi connectivity index (χ2v) is 9.74. The van der Waals surface area contributed by atoms with Gasteiger partial charge in [0.1, 0.15) is 0 Å². The van der Waals surface area contributed by atoms with E-state index in [1.807, 2.05) is 12.3 Å². The lowest BCUT2D eigenvalue weighted by Gasteiger charge is -2.49. The second kappa shape index (κ2) is 6.95. The van der Waals surface area contributed by atoms with E-state index in [1.165, 1.54) is 0 Å². The molecule has 1 aliphatic heterocycles. The molecule has 2 aliphatic carbocycles. The molecule has 1 aromatic rings. The van der Waals surface area contributed by atoms with Crippen LogP contribution in [0.3, 0.4) is 0 Å². The summed E-state index contributed by atoms with van der Waals surface area (Å²) in [5.74, 6) is 0. The quantitative estimate of drug-likeness (QED) is 0.860. The van der Waals surface area contributed by atoms with E-state index in [0.29, 0.717) is 19.7 Å². The van der Waals surface area contributed by atoms with E-state index >= 15 is 0 Å². The van der Waals surface area contributed by atoms with Crippen molar-refractivity contribution in [2.75, 3.05) is 19.7 Å². The average Bonchev–Trinajstić information content (AvgIpc) is 3.48. The van der Waals surface area contributed by atoms with Gasteiger partial charge in [-0.05, 0) is 37.3 Å². The van der Waals surface area contributed by atoms with Crippen molar-refractivity contribution in [2.45, 2.75) is 62.0 Å². The van der Waals surface area contributed by atoms with Crippen molar-refractivity contribution in [1.82, 2.24) is 14.6 Å². The molecule has 25 heavy (non-hydrogen) atoms. The molecule has 6 nitrogen and oxygen atoms in total. The van der Waals surface area contributed by atoms with Crippen molar-refractivity contribution in [3.05, 3.63) is 30.1 Å². The third kappa shape index (κ3) is 3.60. The van der Waals surface area contributed by atoms with Gasteiger partial charge in [-0.15, -0.1) is 0 Å². The molecule has 1 spiro atoms. The van der Waals surface area contributed by atoms with Gasteiger partial charge < -0.3 is 10.1 Å². The molecule has 7 heteroatoms. The van der Waals surface area contributed by atoms with Gasteiger partial charge in [0, 0.05) is 38.1 Å². The first kappa shape index (κ1) is 17.4. The van der Waals surface area contributed by atoms with Gasteiger partial charge in [-0.2, -0.15) is 4.31 Å². The molecule has 1 saturated heterocycles. The van der Waals surface area contributed by atoms with E-state index in [4.69, 9.17) is 4.74 Å². The molecule has 2 saturated carbocycles. The van der Waals surface area contributed by atoms with Gasteiger partial charge in [0.2, 0.25) is 10.0 Å². The summed E-state index contributed by atoms with van der Waals surface area (Å²) in [6, 6.07) is 4.18. The van der Waals surface area contributed by atoms with Gasteiger partial charge in [0.15, 0.2) is 0 Å². The van der Waals surface area contributed by atoms with E-state index in [9.17, 15) is 8.42 Å². The van der Waals surface area contributed by atoms with Crippen LogP contribution in [0, 0.1) is 0 Å². The fourth-order valence-corrected chi connectivity index (χ4v) is 6.05. The molecule has 1 aromatic heterocycles. The van der Waals surface area contributed by atoms with Crippen molar-refractivity contribution >= 4 is 10.0 Å². The van der Waals surface area contributed by atoms with E-state index in [-0.39, 0.29) is 16.9 Å². The molecule has 0 radical (unpaired) electrons. The Hall–Kier alpha value is -1.02. The van der Waals surface area contributed by atoms with Gasteiger partial charge in [-0.25, -0.2) is 8.42 Å². The first-order chi connectivity index (χ1) is 12.1. The van der Waals surface area contributed by atoms with Crippen molar-refractivity contribution < 1.29 is 13.2 Å². The number of nitrogens with one attached hydrogen (secondary N) is 1. The summed E-state index contributed by atoms with van der Waals surface area (Å²) >= 11 is 0. The topological polar surface area (TPSA) is 71.5 Å². The Morgan fingerprint density at radius 1 is 1.32 bits per heavy atom. The number of sulfonamides is 1. The lowest BCUT2D eigenvalue weighted by Crippen LogP contribution is -2.64. The zero-order chi connectivity index (χ0) is 17.3. The number of nitrogens with zero attached hydrogens (tertiary/aromatic N) is 2. The van der Waals surface area contributed by atoms with Crippen LogP contribution in [0.4, 0.5) is 0 Å². The van der Waals surface area contributed by atoms with E-state index < -0.39 is 10.0 Å². The third-order valence-corrected chi connectivity index (χ3v) is 8.08. The molecule has 1 N–H and O–H groups in total.